The van der Waals surface area contributed by atoms with Crippen molar-refractivity contribution in [2.75, 3.05) is 13.1 Å². The van der Waals surface area contributed by atoms with Crippen molar-refractivity contribution in [3.05, 3.63) is 36.0 Å². The first-order chi connectivity index (χ1) is 9.66. The van der Waals surface area contributed by atoms with Crippen LogP contribution in [0.3, 0.4) is 0 Å². The molecule has 0 bridgehead atoms. The number of nitrogens with zero attached hydrogens (tertiary/aromatic N) is 1. The number of fused-ring (bicyclic) bond motifs is 1. The molecule has 4 nitrogen and oxygen atoms in total. The summed E-state index contributed by atoms with van der Waals surface area (Å²) in [6.45, 7) is 1.60. The van der Waals surface area contributed by atoms with Crippen molar-refractivity contribution in [3.8, 4) is 0 Å². The molecule has 1 amide bonds. The molecule has 1 aliphatic rings. The molecule has 104 valence electrons. The maximum Gasteiger partial charge on any atom is 0.220 e. The second-order valence-electron chi connectivity index (χ2n) is 5.22. The fraction of sp³-hybridized carbons (Fsp3) is 0.333. The van der Waals surface area contributed by atoms with Crippen LogP contribution in [0.2, 0.25) is 0 Å². The average molecular weight is 287 g/mol. The first-order valence-electron chi connectivity index (χ1n) is 6.81. The lowest BCUT2D eigenvalue weighted by Gasteiger charge is -2.32. The molecule has 5 heteroatoms. The minimum Gasteiger partial charge on any atom is -0.369 e. The van der Waals surface area contributed by atoms with E-state index in [1.165, 1.54) is 0 Å². The highest BCUT2D eigenvalue weighted by Gasteiger charge is 2.25. The average Bonchev–Trinajstić information content (AvgIpc) is 2.90. The van der Waals surface area contributed by atoms with Gasteiger partial charge in [0.15, 0.2) is 0 Å². The summed E-state index contributed by atoms with van der Waals surface area (Å²) >= 11 is 5.62. The summed E-state index contributed by atoms with van der Waals surface area (Å²) in [5.74, 6) is -0.195. The van der Waals surface area contributed by atoms with E-state index in [0.29, 0.717) is 0 Å². The number of piperidine rings is 1. The molecule has 0 radical (unpaired) electrons. The summed E-state index contributed by atoms with van der Waals surface area (Å²) in [7, 11) is 0. The number of aromatic amines is 1. The van der Waals surface area contributed by atoms with Gasteiger partial charge in [-0.3, -0.25) is 4.79 Å². The third kappa shape index (κ3) is 2.29. The number of thiocarbonyl (C=S) groups is 1. The lowest BCUT2D eigenvalue weighted by atomic mass is 9.96. The zero-order valence-electron chi connectivity index (χ0n) is 11.1. The monoisotopic (exact) mass is 287 g/mol. The van der Waals surface area contributed by atoms with Crippen LogP contribution in [0.5, 0.6) is 0 Å². The summed E-state index contributed by atoms with van der Waals surface area (Å²) in [5, 5.41) is 1.15. The van der Waals surface area contributed by atoms with E-state index in [1.54, 1.807) is 0 Å². The number of rotatable bonds is 2. The number of primary amides is 1. The molecule has 1 aliphatic heterocycles. The third-order valence-corrected chi connectivity index (χ3v) is 4.48. The van der Waals surface area contributed by atoms with Crippen molar-refractivity contribution in [2.45, 2.75) is 12.8 Å². The Morgan fingerprint density at radius 2 is 2.00 bits per heavy atom. The first kappa shape index (κ1) is 13.1. The van der Waals surface area contributed by atoms with E-state index >= 15 is 0 Å². The van der Waals surface area contributed by atoms with E-state index < -0.39 is 0 Å². The zero-order chi connectivity index (χ0) is 14.1. The van der Waals surface area contributed by atoms with Gasteiger partial charge < -0.3 is 15.6 Å². The Balaban J connectivity index is 1.78. The molecular formula is C15H17N3OS. The maximum atomic E-state index is 11.2. The molecule has 3 N–H and O–H groups in total. The van der Waals surface area contributed by atoms with Gasteiger partial charge in [0, 0.05) is 41.7 Å². The molecule has 3 rings (SSSR count). The van der Waals surface area contributed by atoms with Gasteiger partial charge >= 0.3 is 0 Å². The number of para-hydroxylation sites is 1. The van der Waals surface area contributed by atoms with Crippen molar-refractivity contribution in [1.29, 1.82) is 0 Å². The van der Waals surface area contributed by atoms with E-state index in [4.69, 9.17) is 18.0 Å². The second-order valence-corrected chi connectivity index (χ2v) is 5.60. The van der Waals surface area contributed by atoms with Crippen LogP contribution in [-0.4, -0.2) is 33.9 Å². The number of amides is 1. The van der Waals surface area contributed by atoms with Crippen molar-refractivity contribution in [3.63, 3.8) is 0 Å². The normalized spacial score (nSPS) is 16.5. The van der Waals surface area contributed by atoms with Gasteiger partial charge in [0.1, 0.15) is 4.99 Å². The Hall–Kier alpha value is -1.88. The van der Waals surface area contributed by atoms with Gasteiger partial charge in [0.2, 0.25) is 5.91 Å². The van der Waals surface area contributed by atoms with Crippen molar-refractivity contribution in [2.24, 2.45) is 11.7 Å². The standard InChI is InChI=1S/C15H17N3OS/c16-14(19)10-5-7-18(8-6-10)15(20)12-9-17-13-4-2-1-3-11(12)13/h1-4,9-10,17H,5-8H2,(H2,16,19). The fourth-order valence-corrected chi connectivity index (χ4v) is 3.14. The number of carbonyl (C=O) groups is 1. The first-order valence-corrected chi connectivity index (χ1v) is 7.22. The molecule has 1 saturated heterocycles. The van der Waals surface area contributed by atoms with E-state index in [2.05, 4.69) is 16.0 Å². The Bertz CT molecular complexity index is 656. The number of hydrogen-bond donors (Lipinski definition) is 2. The summed E-state index contributed by atoms with van der Waals surface area (Å²) in [6.07, 6.45) is 3.54. The van der Waals surface area contributed by atoms with Crippen LogP contribution in [0.1, 0.15) is 18.4 Å². The summed E-state index contributed by atoms with van der Waals surface area (Å²) < 4.78 is 0. The number of hydrogen-bond acceptors (Lipinski definition) is 2. The topological polar surface area (TPSA) is 62.1 Å². The van der Waals surface area contributed by atoms with Gasteiger partial charge in [0.25, 0.3) is 0 Å². The van der Waals surface area contributed by atoms with Gasteiger partial charge in [0.05, 0.1) is 0 Å². The SMILES string of the molecule is NC(=O)C1CCN(C(=S)c2c[nH]c3ccccc23)CC1. The number of H-pyrrole nitrogens is 1. The molecule has 1 aromatic heterocycles. The van der Waals surface area contributed by atoms with Gasteiger partial charge in [-0.1, -0.05) is 30.4 Å². The molecule has 0 aliphatic carbocycles. The molecule has 2 aromatic rings. The Kier molecular flexibility index (Phi) is 3.44. The molecule has 20 heavy (non-hydrogen) atoms. The molecule has 1 fully saturated rings. The molecule has 0 unspecified atom stereocenters. The number of aromatic nitrogens is 1. The quantitative estimate of drug-likeness (QED) is 0.831. The summed E-state index contributed by atoms with van der Waals surface area (Å²) in [6, 6.07) is 8.13. The van der Waals surface area contributed by atoms with Crippen LogP contribution in [0.15, 0.2) is 30.5 Å². The molecule has 1 aromatic carbocycles. The molecule has 0 saturated carbocycles. The van der Waals surface area contributed by atoms with Gasteiger partial charge in [-0.2, -0.15) is 0 Å². The minimum atomic E-state index is -0.192. The second kappa shape index (κ2) is 5.25. The predicted octanol–water partition coefficient (Wildman–Crippen LogP) is 2.04. The van der Waals surface area contributed by atoms with E-state index in [0.717, 1.165) is 47.4 Å². The van der Waals surface area contributed by atoms with Crippen molar-refractivity contribution >= 4 is 34.0 Å². The van der Waals surface area contributed by atoms with Crippen LogP contribution in [0.4, 0.5) is 0 Å². The van der Waals surface area contributed by atoms with Crippen molar-refractivity contribution < 1.29 is 4.79 Å². The van der Waals surface area contributed by atoms with E-state index in [9.17, 15) is 4.79 Å². The van der Waals surface area contributed by atoms with Crippen LogP contribution in [0.25, 0.3) is 10.9 Å². The number of nitrogens with one attached hydrogen (secondary N) is 1. The van der Waals surface area contributed by atoms with Crippen molar-refractivity contribution in [1.82, 2.24) is 9.88 Å². The fourth-order valence-electron chi connectivity index (χ4n) is 2.79. The molecular weight excluding hydrogens is 270 g/mol. The van der Waals surface area contributed by atoms with Crippen LogP contribution < -0.4 is 5.73 Å². The van der Waals surface area contributed by atoms with Gasteiger partial charge in [-0.15, -0.1) is 0 Å². The summed E-state index contributed by atoms with van der Waals surface area (Å²) in [4.78, 5) is 17.5. The number of likely N-dealkylation sites (tertiary alicyclic amines) is 1. The number of benzene rings is 1. The maximum absolute atomic E-state index is 11.2. The van der Waals surface area contributed by atoms with E-state index in [1.807, 2.05) is 24.4 Å². The smallest absolute Gasteiger partial charge is 0.220 e. The lowest BCUT2D eigenvalue weighted by Crippen LogP contribution is -2.41. The Morgan fingerprint density at radius 1 is 1.30 bits per heavy atom. The highest BCUT2D eigenvalue weighted by molar-refractivity contribution is 7.80. The molecule has 2 heterocycles. The van der Waals surface area contributed by atoms with Crippen LogP contribution in [-0.2, 0) is 4.79 Å². The molecule has 0 spiro atoms. The lowest BCUT2D eigenvalue weighted by molar-refractivity contribution is -0.122. The van der Waals surface area contributed by atoms with Crippen LogP contribution >= 0.6 is 12.2 Å². The Morgan fingerprint density at radius 3 is 2.70 bits per heavy atom. The highest BCUT2D eigenvalue weighted by Crippen LogP contribution is 2.23. The van der Waals surface area contributed by atoms with Gasteiger partial charge in [-0.05, 0) is 18.9 Å². The highest BCUT2D eigenvalue weighted by atomic mass is 32.1. The summed E-state index contributed by atoms with van der Waals surface area (Å²) in [5.41, 5.74) is 7.52. The number of nitrogens with two attached hydrogens (primary N) is 1. The van der Waals surface area contributed by atoms with Gasteiger partial charge in [-0.25, -0.2) is 0 Å². The number of carbonyl (C=O) groups excluding carboxylic acids is 1. The third-order valence-electron chi connectivity index (χ3n) is 4.00. The predicted molar refractivity (Wildman–Crippen MR) is 83.5 cm³/mol. The van der Waals surface area contributed by atoms with Crippen LogP contribution in [0, 0.1) is 5.92 Å². The largest absolute Gasteiger partial charge is 0.369 e. The van der Waals surface area contributed by atoms with E-state index in [-0.39, 0.29) is 11.8 Å². The molecule has 0 atom stereocenters. The Labute approximate surface area is 122 Å². The minimum absolute atomic E-state index is 0.00276. The zero-order valence-corrected chi connectivity index (χ0v) is 12.0.